The summed E-state index contributed by atoms with van der Waals surface area (Å²) in [5.41, 5.74) is 7.27. The molecule has 0 aliphatic heterocycles. The van der Waals surface area contributed by atoms with Gasteiger partial charge in [-0.1, -0.05) is 35.5 Å². The van der Waals surface area contributed by atoms with Crippen LogP contribution in [0.4, 0.5) is 0 Å². The van der Waals surface area contributed by atoms with E-state index in [1.165, 1.54) is 6.26 Å². The largest absolute Gasteiger partial charge is 0.364 e. The third-order valence-corrected chi connectivity index (χ3v) is 2.38. The van der Waals surface area contributed by atoms with E-state index in [0.29, 0.717) is 12.2 Å². The second-order valence-corrected chi connectivity index (χ2v) is 3.60. The van der Waals surface area contributed by atoms with Gasteiger partial charge in [-0.05, 0) is 5.56 Å². The molecule has 0 spiro atoms. The van der Waals surface area contributed by atoms with Crippen LogP contribution in [0.5, 0.6) is 0 Å². The van der Waals surface area contributed by atoms with Crippen LogP contribution in [0, 0.1) is 0 Å². The van der Waals surface area contributed by atoms with Crippen molar-refractivity contribution >= 4 is 5.91 Å². The minimum atomic E-state index is -0.664. The maximum absolute atomic E-state index is 11.7. The molecular formula is C12H13N3O2. The monoisotopic (exact) mass is 231 g/mol. The summed E-state index contributed by atoms with van der Waals surface area (Å²) < 4.78 is 4.66. The zero-order valence-corrected chi connectivity index (χ0v) is 9.17. The fraction of sp³-hybridized carbons (Fsp3) is 0.167. The molecule has 1 aromatic heterocycles. The Bertz CT molecular complexity index is 468. The second kappa shape index (κ2) is 5.27. The van der Waals surface area contributed by atoms with Gasteiger partial charge < -0.3 is 15.6 Å². The summed E-state index contributed by atoms with van der Waals surface area (Å²) in [7, 11) is 0. The van der Waals surface area contributed by atoms with E-state index in [2.05, 4.69) is 15.0 Å². The lowest BCUT2D eigenvalue weighted by Gasteiger charge is -2.11. The van der Waals surface area contributed by atoms with Crippen molar-refractivity contribution in [3.8, 4) is 0 Å². The summed E-state index contributed by atoms with van der Waals surface area (Å²) in [6, 6.07) is 10.2. The molecule has 0 aliphatic carbocycles. The second-order valence-electron chi connectivity index (χ2n) is 3.60. The SMILES string of the molecule is N[C@H](C(=O)NCc1ccon1)c1ccccc1. The molecule has 1 aromatic carbocycles. The van der Waals surface area contributed by atoms with Crippen LogP contribution in [0.1, 0.15) is 17.3 Å². The van der Waals surface area contributed by atoms with Crippen LogP contribution in [-0.2, 0) is 11.3 Å². The normalized spacial score (nSPS) is 12.1. The van der Waals surface area contributed by atoms with Crippen LogP contribution >= 0.6 is 0 Å². The predicted octanol–water partition coefficient (Wildman–Crippen LogP) is 0.991. The molecule has 3 N–H and O–H groups in total. The zero-order chi connectivity index (χ0) is 12.1. The van der Waals surface area contributed by atoms with Crippen LogP contribution < -0.4 is 11.1 Å². The first-order chi connectivity index (χ1) is 8.27. The van der Waals surface area contributed by atoms with E-state index >= 15 is 0 Å². The highest BCUT2D eigenvalue weighted by Crippen LogP contribution is 2.09. The van der Waals surface area contributed by atoms with E-state index in [1.54, 1.807) is 6.07 Å². The van der Waals surface area contributed by atoms with Crippen LogP contribution in [0.3, 0.4) is 0 Å². The van der Waals surface area contributed by atoms with Gasteiger partial charge in [0.05, 0.1) is 6.54 Å². The van der Waals surface area contributed by atoms with E-state index in [1.807, 2.05) is 30.3 Å². The molecule has 88 valence electrons. The van der Waals surface area contributed by atoms with Gasteiger partial charge in [0, 0.05) is 6.07 Å². The molecule has 0 unspecified atom stereocenters. The van der Waals surface area contributed by atoms with Crippen molar-refractivity contribution in [3.63, 3.8) is 0 Å². The molecule has 0 radical (unpaired) electrons. The molecule has 1 atom stereocenters. The molecular weight excluding hydrogens is 218 g/mol. The van der Waals surface area contributed by atoms with E-state index < -0.39 is 6.04 Å². The lowest BCUT2D eigenvalue weighted by molar-refractivity contribution is -0.122. The number of nitrogens with zero attached hydrogens (tertiary/aromatic N) is 1. The molecule has 0 bridgehead atoms. The minimum Gasteiger partial charge on any atom is -0.364 e. The first-order valence-electron chi connectivity index (χ1n) is 5.25. The third-order valence-electron chi connectivity index (χ3n) is 2.38. The average molecular weight is 231 g/mol. The number of amides is 1. The number of rotatable bonds is 4. The van der Waals surface area contributed by atoms with Crippen molar-refractivity contribution in [1.29, 1.82) is 0 Å². The Labute approximate surface area is 98.6 Å². The van der Waals surface area contributed by atoms with Crippen LogP contribution in [0.15, 0.2) is 47.2 Å². The predicted molar refractivity (Wildman–Crippen MR) is 61.7 cm³/mol. The molecule has 0 saturated heterocycles. The number of benzene rings is 1. The topological polar surface area (TPSA) is 81.2 Å². The van der Waals surface area contributed by atoms with E-state index in [4.69, 9.17) is 5.73 Å². The molecule has 1 heterocycles. The highest BCUT2D eigenvalue weighted by molar-refractivity contribution is 5.82. The summed E-state index contributed by atoms with van der Waals surface area (Å²) in [5, 5.41) is 6.39. The van der Waals surface area contributed by atoms with Crippen LogP contribution in [0.25, 0.3) is 0 Å². The molecule has 5 heteroatoms. The lowest BCUT2D eigenvalue weighted by atomic mass is 10.1. The first-order valence-corrected chi connectivity index (χ1v) is 5.25. The van der Waals surface area contributed by atoms with E-state index in [0.717, 1.165) is 5.56 Å². The number of hydrogen-bond donors (Lipinski definition) is 2. The van der Waals surface area contributed by atoms with Gasteiger partial charge in [0.15, 0.2) is 0 Å². The number of aromatic nitrogens is 1. The highest BCUT2D eigenvalue weighted by Gasteiger charge is 2.14. The average Bonchev–Trinajstić information content (AvgIpc) is 2.89. The summed E-state index contributed by atoms with van der Waals surface area (Å²) in [4.78, 5) is 11.7. The molecule has 0 saturated carbocycles. The van der Waals surface area contributed by atoms with Crippen molar-refractivity contribution in [1.82, 2.24) is 10.5 Å². The van der Waals surface area contributed by atoms with E-state index in [-0.39, 0.29) is 5.91 Å². The molecule has 17 heavy (non-hydrogen) atoms. The summed E-state index contributed by atoms with van der Waals surface area (Å²) in [6.45, 7) is 0.315. The van der Waals surface area contributed by atoms with Gasteiger partial charge in [-0.2, -0.15) is 0 Å². The van der Waals surface area contributed by atoms with Gasteiger partial charge in [0.2, 0.25) is 5.91 Å². The number of nitrogens with two attached hydrogens (primary N) is 1. The molecule has 1 amide bonds. The van der Waals surface area contributed by atoms with Crippen molar-refractivity contribution in [2.24, 2.45) is 5.73 Å². The van der Waals surface area contributed by atoms with E-state index in [9.17, 15) is 4.79 Å². The molecule has 2 rings (SSSR count). The number of hydrogen-bond acceptors (Lipinski definition) is 4. The van der Waals surface area contributed by atoms with Crippen molar-refractivity contribution in [3.05, 3.63) is 53.9 Å². The molecule has 2 aromatic rings. The first kappa shape index (κ1) is 11.3. The van der Waals surface area contributed by atoms with Gasteiger partial charge in [-0.3, -0.25) is 4.79 Å². The fourth-order valence-electron chi connectivity index (χ4n) is 1.43. The maximum atomic E-state index is 11.7. The molecule has 0 aliphatic rings. The summed E-state index contributed by atoms with van der Waals surface area (Å²) in [5.74, 6) is -0.237. The quantitative estimate of drug-likeness (QED) is 0.822. The minimum absolute atomic E-state index is 0.237. The van der Waals surface area contributed by atoms with Gasteiger partial charge >= 0.3 is 0 Å². The Balaban J connectivity index is 1.92. The van der Waals surface area contributed by atoms with Gasteiger partial charge in [0.1, 0.15) is 18.0 Å². The Morgan fingerprint density at radius 3 is 2.76 bits per heavy atom. The molecule has 0 fully saturated rings. The Morgan fingerprint density at radius 1 is 1.35 bits per heavy atom. The fourth-order valence-corrected chi connectivity index (χ4v) is 1.43. The molecule has 5 nitrogen and oxygen atoms in total. The zero-order valence-electron chi connectivity index (χ0n) is 9.17. The summed E-state index contributed by atoms with van der Waals surface area (Å²) >= 11 is 0. The Morgan fingerprint density at radius 2 is 2.12 bits per heavy atom. The third kappa shape index (κ3) is 2.92. The van der Waals surface area contributed by atoms with Crippen LogP contribution in [-0.4, -0.2) is 11.1 Å². The van der Waals surface area contributed by atoms with Gasteiger partial charge in [0.25, 0.3) is 0 Å². The smallest absolute Gasteiger partial charge is 0.241 e. The van der Waals surface area contributed by atoms with Gasteiger partial charge in [-0.25, -0.2) is 0 Å². The Hall–Kier alpha value is -2.14. The number of carbonyl (C=O) groups excluding carboxylic acids is 1. The lowest BCUT2D eigenvalue weighted by Crippen LogP contribution is -2.33. The van der Waals surface area contributed by atoms with Crippen molar-refractivity contribution in [2.45, 2.75) is 12.6 Å². The highest BCUT2D eigenvalue weighted by atomic mass is 16.5. The van der Waals surface area contributed by atoms with Crippen molar-refractivity contribution in [2.75, 3.05) is 0 Å². The van der Waals surface area contributed by atoms with Gasteiger partial charge in [-0.15, -0.1) is 0 Å². The van der Waals surface area contributed by atoms with Crippen LogP contribution in [0.2, 0.25) is 0 Å². The number of nitrogens with one attached hydrogen (secondary N) is 1. The maximum Gasteiger partial charge on any atom is 0.241 e. The van der Waals surface area contributed by atoms with Crippen molar-refractivity contribution < 1.29 is 9.32 Å². The standard InChI is InChI=1S/C12H13N3O2/c13-11(9-4-2-1-3-5-9)12(16)14-8-10-6-7-17-15-10/h1-7,11H,8,13H2,(H,14,16)/t11-/m0/s1. The number of carbonyl (C=O) groups is 1. The summed E-state index contributed by atoms with van der Waals surface area (Å²) in [6.07, 6.45) is 1.46. The Kier molecular flexibility index (Phi) is 3.52.